The molecule has 0 bridgehead atoms. The van der Waals surface area contributed by atoms with Gasteiger partial charge >= 0.3 is 5.97 Å². The number of hydrogen-bond acceptors (Lipinski definition) is 2. The molecule has 1 rings (SSSR count). The number of aryl methyl sites for hydroxylation is 1. The Morgan fingerprint density at radius 3 is 2.86 bits per heavy atom. The Kier molecular flexibility index (Phi) is 3.68. The maximum Gasteiger partial charge on any atom is 0.311 e. The summed E-state index contributed by atoms with van der Waals surface area (Å²) in [7, 11) is 0. The lowest BCUT2D eigenvalue weighted by Crippen LogP contribution is -2.09. The number of carboxylic acids is 1. The molecule has 78 valence electrons. The maximum atomic E-state index is 10.9. The average molecular weight is 196 g/mol. The first kappa shape index (κ1) is 10.8. The monoisotopic (exact) mass is 196 g/mol. The fourth-order valence-electron chi connectivity index (χ4n) is 1.46. The van der Waals surface area contributed by atoms with E-state index >= 15 is 0 Å². The van der Waals surface area contributed by atoms with E-state index in [4.69, 9.17) is 5.11 Å². The summed E-state index contributed by atoms with van der Waals surface area (Å²) >= 11 is 0. The Morgan fingerprint density at radius 2 is 2.36 bits per heavy atom. The summed E-state index contributed by atoms with van der Waals surface area (Å²) in [6.07, 6.45) is 5.09. The molecule has 0 saturated carbocycles. The molecule has 4 nitrogen and oxygen atoms in total. The third-order valence-corrected chi connectivity index (χ3v) is 2.21. The van der Waals surface area contributed by atoms with Crippen molar-refractivity contribution in [2.24, 2.45) is 0 Å². The molecular formula is C10H16N2O2. The van der Waals surface area contributed by atoms with Gasteiger partial charge in [-0.2, -0.15) is 5.10 Å². The number of hydrogen-bond donors (Lipinski definition) is 1. The number of aromatic nitrogens is 2. The molecule has 0 aromatic carbocycles. The molecular weight excluding hydrogens is 180 g/mol. The summed E-state index contributed by atoms with van der Waals surface area (Å²) in [6, 6.07) is 0. The Bertz CT molecular complexity index is 307. The van der Waals surface area contributed by atoms with E-state index in [9.17, 15) is 4.79 Å². The van der Waals surface area contributed by atoms with E-state index in [-0.39, 0.29) is 0 Å². The van der Waals surface area contributed by atoms with Gasteiger partial charge in [0.25, 0.3) is 0 Å². The van der Waals surface area contributed by atoms with Gasteiger partial charge in [-0.1, -0.05) is 13.8 Å². The van der Waals surface area contributed by atoms with Gasteiger partial charge < -0.3 is 5.11 Å². The van der Waals surface area contributed by atoms with Crippen molar-refractivity contribution < 1.29 is 9.90 Å². The van der Waals surface area contributed by atoms with E-state index in [1.807, 2.05) is 13.1 Å². The molecule has 0 fully saturated rings. The molecule has 0 aliphatic heterocycles. The lowest BCUT2D eigenvalue weighted by atomic mass is 10.0. The fourth-order valence-corrected chi connectivity index (χ4v) is 1.46. The van der Waals surface area contributed by atoms with Gasteiger partial charge in [0.05, 0.1) is 12.1 Å². The standard InChI is InChI=1S/C10H16N2O2/c1-3-5-12-7-8(6-11-12)9(4-2)10(13)14/h6-7,9H,3-5H2,1-2H3,(H,13,14). The van der Waals surface area contributed by atoms with Crippen LogP contribution in [0.2, 0.25) is 0 Å². The Hall–Kier alpha value is -1.32. The van der Waals surface area contributed by atoms with Crippen molar-refractivity contribution in [3.05, 3.63) is 18.0 Å². The van der Waals surface area contributed by atoms with Crippen molar-refractivity contribution in [3.8, 4) is 0 Å². The number of carbonyl (C=O) groups is 1. The molecule has 1 atom stereocenters. The molecule has 1 aromatic heterocycles. The van der Waals surface area contributed by atoms with Crippen LogP contribution in [-0.2, 0) is 11.3 Å². The maximum absolute atomic E-state index is 10.9. The van der Waals surface area contributed by atoms with Crippen LogP contribution in [0.1, 0.15) is 38.2 Å². The highest BCUT2D eigenvalue weighted by atomic mass is 16.4. The Labute approximate surface area is 83.5 Å². The van der Waals surface area contributed by atoms with Crippen LogP contribution in [0.4, 0.5) is 0 Å². The largest absolute Gasteiger partial charge is 0.481 e. The highest BCUT2D eigenvalue weighted by Crippen LogP contribution is 2.18. The molecule has 0 aliphatic carbocycles. The summed E-state index contributed by atoms with van der Waals surface area (Å²) in [6.45, 7) is 4.78. The zero-order valence-corrected chi connectivity index (χ0v) is 8.60. The molecule has 0 aliphatic rings. The third-order valence-electron chi connectivity index (χ3n) is 2.21. The zero-order valence-electron chi connectivity index (χ0n) is 8.60. The summed E-state index contributed by atoms with van der Waals surface area (Å²) in [4.78, 5) is 10.9. The molecule has 14 heavy (non-hydrogen) atoms. The van der Waals surface area contributed by atoms with Gasteiger partial charge in [-0.15, -0.1) is 0 Å². The first-order chi connectivity index (χ1) is 6.69. The van der Waals surface area contributed by atoms with E-state index in [0.717, 1.165) is 18.5 Å². The number of rotatable bonds is 5. The topological polar surface area (TPSA) is 55.1 Å². The van der Waals surface area contributed by atoms with Crippen LogP contribution in [0.25, 0.3) is 0 Å². The van der Waals surface area contributed by atoms with Crippen LogP contribution in [0.15, 0.2) is 12.4 Å². The number of carboxylic acid groups (broad SMARTS) is 1. The lowest BCUT2D eigenvalue weighted by Gasteiger charge is -2.05. The minimum absolute atomic E-state index is 0.416. The highest BCUT2D eigenvalue weighted by molar-refractivity contribution is 5.75. The predicted molar refractivity (Wildman–Crippen MR) is 53.2 cm³/mol. The van der Waals surface area contributed by atoms with Crippen molar-refractivity contribution in [3.63, 3.8) is 0 Å². The second-order valence-corrected chi connectivity index (χ2v) is 3.34. The summed E-state index contributed by atoms with van der Waals surface area (Å²) in [5.74, 6) is -1.19. The van der Waals surface area contributed by atoms with Gasteiger partial charge in [-0.05, 0) is 12.8 Å². The first-order valence-corrected chi connectivity index (χ1v) is 4.94. The van der Waals surface area contributed by atoms with E-state index in [1.54, 1.807) is 10.9 Å². The molecule has 1 heterocycles. The summed E-state index contributed by atoms with van der Waals surface area (Å²) in [5, 5.41) is 13.0. The Morgan fingerprint density at radius 1 is 1.64 bits per heavy atom. The van der Waals surface area contributed by atoms with Crippen LogP contribution in [0, 0.1) is 0 Å². The second-order valence-electron chi connectivity index (χ2n) is 3.34. The molecule has 0 saturated heterocycles. The molecule has 1 unspecified atom stereocenters. The van der Waals surface area contributed by atoms with Gasteiger partial charge in [0, 0.05) is 18.3 Å². The first-order valence-electron chi connectivity index (χ1n) is 4.94. The summed E-state index contributed by atoms with van der Waals surface area (Å²) in [5.41, 5.74) is 0.799. The molecule has 0 spiro atoms. The molecule has 1 aromatic rings. The van der Waals surface area contributed by atoms with Crippen LogP contribution in [-0.4, -0.2) is 20.9 Å². The van der Waals surface area contributed by atoms with Crippen LogP contribution in [0.3, 0.4) is 0 Å². The second kappa shape index (κ2) is 4.79. The summed E-state index contributed by atoms with van der Waals surface area (Å²) < 4.78 is 1.79. The van der Waals surface area contributed by atoms with Crippen LogP contribution >= 0.6 is 0 Å². The van der Waals surface area contributed by atoms with Crippen LogP contribution in [0.5, 0.6) is 0 Å². The molecule has 1 N–H and O–H groups in total. The van der Waals surface area contributed by atoms with E-state index < -0.39 is 11.9 Å². The molecule has 0 radical (unpaired) electrons. The van der Waals surface area contributed by atoms with E-state index in [0.29, 0.717) is 6.42 Å². The van der Waals surface area contributed by atoms with Crippen LogP contribution < -0.4 is 0 Å². The molecule has 4 heteroatoms. The van der Waals surface area contributed by atoms with Gasteiger partial charge in [0.2, 0.25) is 0 Å². The molecule has 0 amide bonds. The fraction of sp³-hybridized carbons (Fsp3) is 0.600. The van der Waals surface area contributed by atoms with Crippen molar-refractivity contribution >= 4 is 5.97 Å². The Balaban J connectivity index is 2.78. The van der Waals surface area contributed by atoms with Crippen molar-refractivity contribution in [2.75, 3.05) is 0 Å². The van der Waals surface area contributed by atoms with Crippen molar-refractivity contribution in [1.82, 2.24) is 9.78 Å². The number of nitrogens with zero attached hydrogens (tertiary/aromatic N) is 2. The quantitative estimate of drug-likeness (QED) is 0.782. The smallest absolute Gasteiger partial charge is 0.311 e. The highest BCUT2D eigenvalue weighted by Gasteiger charge is 2.18. The van der Waals surface area contributed by atoms with Gasteiger partial charge in [-0.3, -0.25) is 9.48 Å². The minimum atomic E-state index is -0.774. The number of aliphatic carboxylic acids is 1. The lowest BCUT2D eigenvalue weighted by molar-refractivity contribution is -0.138. The third kappa shape index (κ3) is 2.34. The zero-order chi connectivity index (χ0) is 10.6. The average Bonchev–Trinajstić information content (AvgIpc) is 2.54. The van der Waals surface area contributed by atoms with Crippen molar-refractivity contribution in [1.29, 1.82) is 0 Å². The van der Waals surface area contributed by atoms with Crippen molar-refractivity contribution in [2.45, 2.75) is 39.2 Å². The normalized spacial score (nSPS) is 12.7. The van der Waals surface area contributed by atoms with E-state index in [1.165, 1.54) is 0 Å². The van der Waals surface area contributed by atoms with E-state index in [2.05, 4.69) is 12.0 Å². The minimum Gasteiger partial charge on any atom is -0.481 e. The van der Waals surface area contributed by atoms with Gasteiger partial charge in [0.1, 0.15) is 0 Å². The van der Waals surface area contributed by atoms with Gasteiger partial charge in [0.15, 0.2) is 0 Å². The van der Waals surface area contributed by atoms with Gasteiger partial charge in [-0.25, -0.2) is 0 Å². The SMILES string of the molecule is CCCn1cc(C(CC)C(=O)O)cn1. The predicted octanol–water partition coefficient (Wildman–Crippen LogP) is 1.87.